The first-order valence-corrected chi connectivity index (χ1v) is 16.7. The molecule has 4 nitrogen and oxygen atoms in total. The van der Waals surface area contributed by atoms with Gasteiger partial charge in [0.25, 0.3) is 0 Å². The maximum absolute atomic E-state index is 5.44. The van der Waals surface area contributed by atoms with Crippen molar-refractivity contribution in [3.63, 3.8) is 0 Å². The first-order valence-electron chi connectivity index (χ1n) is 16.7. The summed E-state index contributed by atoms with van der Waals surface area (Å²) in [5, 5.41) is 5.05. The predicted molar refractivity (Wildman–Crippen MR) is 197 cm³/mol. The summed E-state index contributed by atoms with van der Waals surface area (Å²) in [6, 6.07) is 53.2. The number of fused-ring (bicyclic) bond motifs is 7. The quantitative estimate of drug-likeness (QED) is 0.181. The maximum atomic E-state index is 5.44. The second-order valence-corrected chi connectivity index (χ2v) is 13.2. The Morgan fingerprint density at radius 3 is 1.85 bits per heavy atom. The van der Waals surface area contributed by atoms with E-state index in [-0.39, 0.29) is 11.7 Å². The van der Waals surface area contributed by atoms with Crippen LogP contribution in [0.1, 0.15) is 17.3 Å². The average molecular weight is 615 g/mol. The Hall–Kier alpha value is -5.97. The zero-order valence-electron chi connectivity index (χ0n) is 26.1. The molecule has 2 aliphatic heterocycles. The van der Waals surface area contributed by atoms with Crippen LogP contribution in [0.2, 0.25) is 0 Å². The monoisotopic (exact) mass is 614 g/mol. The van der Waals surface area contributed by atoms with Gasteiger partial charge in [0.1, 0.15) is 11.7 Å². The topological polar surface area (TPSA) is 25.2 Å². The Kier molecular flexibility index (Phi) is 5.19. The molecule has 0 amide bonds. The van der Waals surface area contributed by atoms with E-state index in [4.69, 9.17) is 4.99 Å². The number of nitrogens with zero attached hydrogens (tertiary/aromatic N) is 4. The minimum Gasteiger partial charge on any atom is -0.309 e. The molecular formula is C44H30N4. The highest BCUT2D eigenvalue weighted by Gasteiger charge is 2.69. The fraction of sp³-hybridized carbons (Fsp3) is 0.0682. The number of hydrogen-bond donors (Lipinski definition) is 0. The van der Waals surface area contributed by atoms with E-state index < -0.39 is 0 Å². The van der Waals surface area contributed by atoms with E-state index in [0.717, 1.165) is 17.1 Å². The highest BCUT2D eigenvalue weighted by molar-refractivity contribution is 6.19. The van der Waals surface area contributed by atoms with Crippen molar-refractivity contribution in [2.24, 2.45) is 4.99 Å². The molecule has 4 atom stereocenters. The highest BCUT2D eigenvalue weighted by Crippen LogP contribution is 2.58. The first-order chi connectivity index (χ1) is 23.8. The zero-order valence-corrected chi connectivity index (χ0v) is 26.1. The molecule has 0 bridgehead atoms. The van der Waals surface area contributed by atoms with Crippen LogP contribution in [0.25, 0.3) is 55.0 Å². The highest BCUT2D eigenvalue weighted by atomic mass is 15.5. The van der Waals surface area contributed by atoms with Gasteiger partial charge in [-0.05, 0) is 59.7 Å². The molecule has 1 spiro atoms. The molecule has 3 aliphatic rings. The Bertz CT molecular complexity index is 2690. The van der Waals surface area contributed by atoms with Crippen molar-refractivity contribution < 1.29 is 0 Å². The van der Waals surface area contributed by atoms with Crippen LogP contribution in [0.15, 0.2) is 175 Å². The van der Waals surface area contributed by atoms with E-state index in [1.807, 2.05) is 0 Å². The van der Waals surface area contributed by atoms with Crippen molar-refractivity contribution in [2.45, 2.75) is 17.7 Å². The van der Waals surface area contributed by atoms with Crippen LogP contribution in [0.5, 0.6) is 0 Å². The van der Waals surface area contributed by atoms with Crippen molar-refractivity contribution in [3.05, 3.63) is 181 Å². The molecule has 0 N–H and O–H groups in total. The molecular weight excluding hydrogens is 585 g/mol. The fourth-order valence-corrected chi connectivity index (χ4v) is 8.65. The molecule has 2 aromatic heterocycles. The SMILES string of the molecule is C1=CC2N3C(c4cccc(-n5c6ccccc6c6cc7c8ccccc8n(-c8ccccc8)c7cc65)c4)N=C(c4ccccc4)C23C=C1. The molecule has 1 fully saturated rings. The summed E-state index contributed by atoms with van der Waals surface area (Å²) in [6.45, 7) is 0. The lowest BCUT2D eigenvalue weighted by Crippen LogP contribution is -2.26. The summed E-state index contributed by atoms with van der Waals surface area (Å²) < 4.78 is 4.85. The van der Waals surface area contributed by atoms with E-state index in [1.165, 1.54) is 54.7 Å². The minimum atomic E-state index is -0.167. The summed E-state index contributed by atoms with van der Waals surface area (Å²) in [7, 11) is 0. The zero-order chi connectivity index (χ0) is 31.4. The lowest BCUT2D eigenvalue weighted by atomic mass is 9.90. The molecule has 0 radical (unpaired) electrons. The molecule has 8 aromatic rings. The Balaban J connectivity index is 1.14. The number of rotatable bonds is 4. The average Bonchev–Trinajstić information content (AvgIpc) is 3.37. The van der Waals surface area contributed by atoms with E-state index in [1.54, 1.807) is 0 Å². The lowest BCUT2D eigenvalue weighted by Gasteiger charge is -2.16. The molecule has 4 heterocycles. The number of aliphatic imine (C=N–C) groups is 1. The summed E-state index contributed by atoms with van der Waals surface area (Å²) in [5.74, 6) is 0. The number of para-hydroxylation sites is 3. The number of allylic oxidation sites excluding steroid dienone is 2. The van der Waals surface area contributed by atoms with Crippen LogP contribution in [0.4, 0.5) is 0 Å². The molecule has 4 unspecified atom stereocenters. The Labute approximate surface area is 277 Å². The van der Waals surface area contributed by atoms with Crippen LogP contribution in [-0.2, 0) is 0 Å². The van der Waals surface area contributed by atoms with Gasteiger partial charge in [0.2, 0.25) is 0 Å². The third-order valence-electron chi connectivity index (χ3n) is 10.7. The van der Waals surface area contributed by atoms with Crippen molar-refractivity contribution in [1.82, 2.24) is 14.0 Å². The van der Waals surface area contributed by atoms with Gasteiger partial charge >= 0.3 is 0 Å². The molecule has 11 rings (SSSR count). The summed E-state index contributed by atoms with van der Waals surface area (Å²) in [5.41, 5.74) is 10.5. The maximum Gasteiger partial charge on any atom is 0.130 e. The largest absolute Gasteiger partial charge is 0.309 e. The summed E-state index contributed by atoms with van der Waals surface area (Å²) in [6.07, 6.45) is 8.98. The third kappa shape index (κ3) is 3.39. The normalized spacial score (nSPS) is 22.4. The van der Waals surface area contributed by atoms with Crippen LogP contribution < -0.4 is 0 Å². The lowest BCUT2D eigenvalue weighted by molar-refractivity contribution is 0.403. The van der Waals surface area contributed by atoms with Crippen molar-refractivity contribution >= 4 is 49.3 Å². The van der Waals surface area contributed by atoms with Crippen molar-refractivity contribution in [2.75, 3.05) is 0 Å². The van der Waals surface area contributed by atoms with Gasteiger partial charge in [-0.1, -0.05) is 121 Å². The first kappa shape index (κ1) is 26.1. The fourth-order valence-electron chi connectivity index (χ4n) is 8.65. The standard InChI is InChI=1S/C44H30N4/c1-3-14-29(15-4-1)42-44-25-12-11-24-41(44)48(44)43(45-42)30-16-13-19-32(26-30)47-38-23-10-8-21-34(38)36-27-35-33-20-7-9-22-37(33)46(39(35)28-40(36)47)31-17-5-2-6-18-31/h1-28,41,43H. The van der Waals surface area contributed by atoms with Crippen LogP contribution in [0.3, 0.4) is 0 Å². The van der Waals surface area contributed by atoms with Gasteiger partial charge in [-0.2, -0.15) is 0 Å². The van der Waals surface area contributed by atoms with Crippen LogP contribution >= 0.6 is 0 Å². The van der Waals surface area contributed by atoms with Crippen molar-refractivity contribution in [3.8, 4) is 11.4 Å². The molecule has 6 aromatic carbocycles. The van der Waals surface area contributed by atoms with Crippen LogP contribution in [0, 0.1) is 0 Å². The van der Waals surface area contributed by atoms with E-state index in [0.29, 0.717) is 6.04 Å². The number of hydrogen-bond acceptors (Lipinski definition) is 2. The number of aromatic nitrogens is 2. The molecule has 226 valence electrons. The minimum absolute atomic E-state index is 0.0574. The van der Waals surface area contributed by atoms with Gasteiger partial charge in [0.15, 0.2) is 0 Å². The van der Waals surface area contributed by atoms with Gasteiger partial charge in [-0.15, -0.1) is 0 Å². The molecule has 48 heavy (non-hydrogen) atoms. The Morgan fingerprint density at radius 2 is 1.12 bits per heavy atom. The Morgan fingerprint density at radius 1 is 0.500 bits per heavy atom. The van der Waals surface area contributed by atoms with Gasteiger partial charge in [0.05, 0.1) is 33.8 Å². The summed E-state index contributed by atoms with van der Waals surface area (Å²) in [4.78, 5) is 7.99. The molecule has 0 saturated carbocycles. The second-order valence-electron chi connectivity index (χ2n) is 13.2. The second kappa shape index (κ2) is 9.54. The van der Waals surface area contributed by atoms with Gasteiger partial charge in [0, 0.05) is 32.9 Å². The van der Waals surface area contributed by atoms with E-state index >= 15 is 0 Å². The number of benzene rings is 6. The van der Waals surface area contributed by atoms with Gasteiger partial charge in [-0.25, -0.2) is 0 Å². The van der Waals surface area contributed by atoms with Gasteiger partial charge < -0.3 is 9.13 Å². The smallest absolute Gasteiger partial charge is 0.130 e. The van der Waals surface area contributed by atoms with Crippen molar-refractivity contribution in [1.29, 1.82) is 0 Å². The molecule has 4 heteroatoms. The molecule has 1 aliphatic carbocycles. The predicted octanol–water partition coefficient (Wildman–Crippen LogP) is 9.93. The van der Waals surface area contributed by atoms with E-state index in [2.05, 4.69) is 184 Å². The molecule has 1 saturated heterocycles. The third-order valence-corrected chi connectivity index (χ3v) is 10.7. The van der Waals surface area contributed by atoms with Crippen LogP contribution in [-0.4, -0.2) is 31.3 Å². The van der Waals surface area contributed by atoms with E-state index in [9.17, 15) is 0 Å². The van der Waals surface area contributed by atoms with Gasteiger partial charge in [-0.3, -0.25) is 9.89 Å². The summed E-state index contributed by atoms with van der Waals surface area (Å²) >= 11 is 0.